The number of methoxy groups -OCH3 is 1. The van der Waals surface area contributed by atoms with Crippen molar-refractivity contribution in [2.75, 3.05) is 18.6 Å². The first-order valence-electron chi connectivity index (χ1n) is 5.80. The zero-order chi connectivity index (χ0) is 14.6. The molecule has 0 amide bonds. The van der Waals surface area contributed by atoms with Crippen molar-refractivity contribution in [1.29, 1.82) is 0 Å². The van der Waals surface area contributed by atoms with Gasteiger partial charge in [-0.15, -0.1) is 0 Å². The lowest BCUT2D eigenvalue weighted by molar-refractivity contribution is -0.139. The van der Waals surface area contributed by atoms with Gasteiger partial charge in [0.25, 0.3) is 0 Å². The van der Waals surface area contributed by atoms with Crippen LogP contribution in [0.1, 0.15) is 19.4 Å². The van der Waals surface area contributed by atoms with Crippen molar-refractivity contribution in [3.05, 3.63) is 29.6 Å². The van der Waals surface area contributed by atoms with E-state index in [2.05, 4.69) is 4.74 Å². The summed E-state index contributed by atoms with van der Waals surface area (Å²) in [5, 5.41) is 0. The number of carbonyl (C=O) groups is 1. The number of nitrogens with two attached hydrogens (primary N) is 1. The molecular formula is C13H17FN2O2S. The molecule has 0 radical (unpaired) electrons. The summed E-state index contributed by atoms with van der Waals surface area (Å²) in [6.07, 6.45) is 0. The summed E-state index contributed by atoms with van der Waals surface area (Å²) in [6, 6.07) is 4.49. The zero-order valence-electron chi connectivity index (χ0n) is 11.1. The number of thiocarbonyl (C=S) groups is 1. The van der Waals surface area contributed by atoms with Crippen molar-refractivity contribution < 1.29 is 13.9 Å². The van der Waals surface area contributed by atoms with Gasteiger partial charge < -0.3 is 15.4 Å². The molecule has 0 spiro atoms. The van der Waals surface area contributed by atoms with Crippen molar-refractivity contribution in [2.24, 2.45) is 5.73 Å². The van der Waals surface area contributed by atoms with Crippen LogP contribution in [0.3, 0.4) is 0 Å². The molecule has 0 aliphatic heterocycles. The number of hydrogen-bond acceptors (Lipinski definition) is 4. The Hall–Kier alpha value is -1.69. The summed E-state index contributed by atoms with van der Waals surface area (Å²) in [6.45, 7) is 3.78. The van der Waals surface area contributed by atoms with Crippen molar-refractivity contribution in [3.8, 4) is 0 Å². The number of benzene rings is 1. The number of rotatable bonds is 5. The second kappa shape index (κ2) is 6.47. The van der Waals surface area contributed by atoms with Gasteiger partial charge in [0.05, 0.1) is 18.4 Å². The van der Waals surface area contributed by atoms with E-state index in [0.717, 1.165) is 0 Å². The molecule has 0 saturated carbocycles. The molecule has 6 heteroatoms. The largest absolute Gasteiger partial charge is 0.468 e. The molecule has 0 unspecified atom stereocenters. The van der Waals surface area contributed by atoms with E-state index >= 15 is 0 Å². The average Bonchev–Trinajstić information content (AvgIpc) is 2.34. The molecule has 104 valence electrons. The molecule has 0 bridgehead atoms. The van der Waals surface area contributed by atoms with Crippen LogP contribution in [0.2, 0.25) is 0 Å². The highest BCUT2D eigenvalue weighted by Gasteiger charge is 2.21. The lowest BCUT2D eigenvalue weighted by Gasteiger charge is -2.29. The van der Waals surface area contributed by atoms with Crippen molar-refractivity contribution in [3.63, 3.8) is 0 Å². The number of halogens is 1. The fourth-order valence-electron chi connectivity index (χ4n) is 1.75. The van der Waals surface area contributed by atoms with Gasteiger partial charge in [-0.2, -0.15) is 0 Å². The fourth-order valence-corrected chi connectivity index (χ4v) is 1.95. The normalized spacial score (nSPS) is 10.4. The number of carbonyl (C=O) groups excluding carboxylic acids is 1. The van der Waals surface area contributed by atoms with Gasteiger partial charge in [-0.3, -0.25) is 4.79 Å². The van der Waals surface area contributed by atoms with E-state index < -0.39 is 11.8 Å². The van der Waals surface area contributed by atoms with Crippen molar-refractivity contribution >= 4 is 28.9 Å². The van der Waals surface area contributed by atoms with Crippen molar-refractivity contribution in [1.82, 2.24) is 0 Å². The maximum Gasteiger partial charge on any atom is 0.325 e. The molecule has 0 aliphatic carbocycles. The van der Waals surface area contributed by atoms with Crippen LogP contribution >= 0.6 is 12.2 Å². The highest BCUT2D eigenvalue weighted by molar-refractivity contribution is 7.80. The molecule has 2 N–H and O–H groups in total. The van der Waals surface area contributed by atoms with Crippen LogP contribution in [0.15, 0.2) is 18.2 Å². The van der Waals surface area contributed by atoms with Gasteiger partial charge in [0.2, 0.25) is 0 Å². The van der Waals surface area contributed by atoms with Gasteiger partial charge in [-0.05, 0) is 26.0 Å². The number of nitrogens with zero attached hydrogens (tertiary/aromatic N) is 1. The zero-order valence-corrected chi connectivity index (χ0v) is 12.0. The SMILES string of the molecule is COC(=O)CN(c1cccc(F)c1C(N)=S)C(C)C. The first-order valence-corrected chi connectivity index (χ1v) is 6.21. The quantitative estimate of drug-likeness (QED) is 0.660. The maximum atomic E-state index is 13.8. The Balaban J connectivity index is 3.27. The Bertz CT molecular complexity index is 492. The van der Waals surface area contributed by atoms with Crippen LogP contribution in [0.4, 0.5) is 10.1 Å². The Kier molecular flexibility index (Phi) is 5.23. The van der Waals surface area contributed by atoms with Crippen LogP contribution in [-0.2, 0) is 9.53 Å². The van der Waals surface area contributed by atoms with E-state index in [-0.39, 0.29) is 23.1 Å². The molecule has 0 heterocycles. The molecule has 0 saturated heterocycles. The molecule has 0 fully saturated rings. The van der Waals surface area contributed by atoms with Gasteiger partial charge in [-0.1, -0.05) is 18.3 Å². The molecule has 1 aromatic carbocycles. The molecule has 0 atom stereocenters. The summed E-state index contributed by atoms with van der Waals surface area (Å²) in [7, 11) is 1.31. The number of esters is 1. The van der Waals surface area contributed by atoms with Crippen LogP contribution in [0, 0.1) is 5.82 Å². The Morgan fingerprint density at radius 1 is 1.53 bits per heavy atom. The fraction of sp³-hybridized carbons (Fsp3) is 0.385. The van der Waals surface area contributed by atoms with Gasteiger partial charge in [-0.25, -0.2) is 4.39 Å². The molecule has 19 heavy (non-hydrogen) atoms. The highest BCUT2D eigenvalue weighted by Crippen LogP contribution is 2.25. The van der Waals surface area contributed by atoms with E-state index in [1.165, 1.54) is 13.2 Å². The van der Waals surface area contributed by atoms with E-state index in [4.69, 9.17) is 18.0 Å². The summed E-state index contributed by atoms with van der Waals surface area (Å²) in [4.78, 5) is 13.1. The van der Waals surface area contributed by atoms with E-state index in [1.54, 1.807) is 17.0 Å². The monoisotopic (exact) mass is 284 g/mol. The maximum absolute atomic E-state index is 13.8. The van der Waals surface area contributed by atoms with Crippen molar-refractivity contribution in [2.45, 2.75) is 19.9 Å². The first kappa shape index (κ1) is 15.4. The molecule has 1 rings (SSSR count). The third kappa shape index (κ3) is 3.64. The minimum absolute atomic E-state index is 0.00718. The number of hydrogen-bond donors (Lipinski definition) is 1. The molecular weight excluding hydrogens is 267 g/mol. The number of anilines is 1. The third-order valence-electron chi connectivity index (χ3n) is 2.70. The predicted octanol–water partition coefficient (Wildman–Crippen LogP) is 1.85. The molecule has 4 nitrogen and oxygen atoms in total. The Labute approximate surface area is 117 Å². The molecule has 1 aromatic rings. The lowest BCUT2D eigenvalue weighted by atomic mass is 10.1. The standard InChI is InChI=1S/C13H17FN2O2S/c1-8(2)16(7-11(17)18-3)10-6-4-5-9(14)12(10)13(15)19/h4-6,8H,7H2,1-3H3,(H2,15,19). The summed E-state index contributed by atoms with van der Waals surface area (Å²) >= 11 is 4.88. The highest BCUT2D eigenvalue weighted by atomic mass is 32.1. The van der Waals surface area contributed by atoms with Crippen LogP contribution in [-0.4, -0.2) is 30.7 Å². The first-order chi connectivity index (χ1) is 8.88. The minimum Gasteiger partial charge on any atom is -0.468 e. The topological polar surface area (TPSA) is 55.6 Å². The van der Waals surface area contributed by atoms with E-state index in [9.17, 15) is 9.18 Å². The summed E-state index contributed by atoms with van der Waals surface area (Å²) < 4.78 is 18.5. The second-order valence-electron chi connectivity index (χ2n) is 4.30. The molecule has 0 aromatic heterocycles. The molecule has 0 aliphatic rings. The van der Waals surface area contributed by atoms with Gasteiger partial charge in [0.1, 0.15) is 17.4 Å². The lowest BCUT2D eigenvalue weighted by Crippen LogP contribution is -2.37. The summed E-state index contributed by atoms with van der Waals surface area (Å²) in [5.74, 6) is -0.910. The van der Waals surface area contributed by atoms with Gasteiger partial charge in [0.15, 0.2) is 0 Å². The average molecular weight is 284 g/mol. The Morgan fingerprint density at radius 3 is 2.63 bits per heavy atom. The second-order valence-corrected chi connectivity index (χ2v) is 4.74. The van der Waals surface area contributed by atoms with E-state index in [1.807, 2.05) is 13.8 Å². The minimum atomic E-state index is -0.500. The van der Waals surface area contributed by atoms with Crippen LogP contribution in [0.5, 0.6) is 0 Å². The van der Waals surface area contributed by atoms with Crippen LogP contribution in [0.25, 0.3) is 0 Å². The Morgan fingerprint density at radius 2 is 2.16 bits per heavy atom. The smallest absolute Gasteiger partial charge is 0.325 e. The number of ether oxygens (including phenoxy) is 1. The predicted molar refractivity (Wildman–Crippen MR) is 76.8 cm³/mol. The van der Waals surface area contributed by atoms with Gasteiger partial charge in [0, 0.05) is 6.04 Å². The van der Waals surface area contributed by atoms with Gasteiger partial charge >= 0.3 is 5.97 Å². The third-order valence-corrected chi connectivity index (χ3v) is 2.90. The van der Waals surface area contributed by atoms with E-state index in [0.29, 0.717) is 5.69 Å². The summed E-state index contributed by atoms with van der Waals surface area (Å²) in [5.41, 5.74) is 6.21. The van der Waals surface area contributed by atoms with Crippen LogP contribution < -0.4 is 10.6 Å².